The summed E-state index contributed by atoms with van der Waals surface area (Å²) in [6.45, 7) is 5.41. The summed E-state index contributed by atoms with van der Waals surface area (Å²) in [5, 5.41) is 10.9. The third-order valence-corrected chi connectivity index (χ3v) is 9.20. The minimum atomic E-state index is -4.21. The molecule has 1 aliphatic rings. The maximum Gasteiger partial charge on any atom is 0.459 e. The largest absolute Gasteiger partial charge is 0.462 e. The molecule has 204 valence electrons. The lowest BCUT2D eigenvalue weighted by molar-refractivity contribution is -0.149. The summed E-state index contributed by atoms with van der Waals surface area (Å²) in [5.41, 5.74) is 3.44. The molecule has 1 fully saturated rings. The zero-order valence-electron chi connectivity index (χ0n) is 20.9. The van der Waals surface area contributed by atoms with E-state index in [1.165, 1.54) is 26.1 Å². The predicted octanol–water partition coefficient (Wildman–Crippen LogP) is 2.91. The lowest BCUT2D eigenvalue weighted by atomic mass is 9.82. The van der Waals surface area contributed by atoms with E-state index in [4.69, 9.17) is 19.5 Å². The summed E-state index contributed by atoms with van der Waals surface area (Å²) >= 11 is 1.03. The van der Waals surface area contributed by atoms with Crippen molar-refractivity contribution in [2.75, 3.05) is 18.9 Å². The van der Waals surface area contributed by atoms with Crippen LogP contribution in [0.5, 0.6) is 5.75 Å². The van der Waals surface area contributed by atoms with E-state index in [0.29, 0.717) is 0 Å². The molecule has 14 heteroatoms. The Hall–Kier alpha value is -2.44. The number of nitrogens with zero attached hydrogens (tertiary/aromatic N) is 2. The van der Waals surface area contributed by atoms with Crippen molar-refractivity contribution in [1.29, 1.82) is 0 Å². The van der Waals surface area contributed by atoms with Crippen LogP contribution in [0.2, 0.25) is 0 Å². The number of aliphatic hydroxyl groups excluding tert-OH is 1. The molecule has 11 nitrogen and oxygen atoms in total. The number of aromatic nitrogens is 2. The Kier molecular flexibility index (Phi) is 9.41. The third-order valence-electron chi connectivity index (χ3n) is 5.81. The first-order chi connectivity index (χ1) is 17.4. The average Bonchev–Trinajstić information content (AvgIpc) is 3.08. The second-order valence-corrected chi connectivity index (χ2v) is 12.2. The van der Waals surface area contributed by atoms with E-state index < -0.39 is 60.4 Å². The van der Waals surface area contributed by atoms with Gasteiger partial charge in [-0.1, -0.05) is 25.1 Å². The number of ether oxygens (including phenoxy) is 1. The molecule has 0 radical (unpaired) electrons. The Morgan fingerprint density at radius 3 is 2.59 bits per heavy atom. The van der Waals surface area contributed by atoms with Gasteiger partial charge in [-0.05, 0) is 39.0 Å². The highest BCUT2D eigenvalue weighted by Crippen LogP contribution is 2.55. The van der Waals surface area contributed by atoms with Crippen molar-refractivity contribution < 1.29 is 32.6 Å². The van der Waals surface area contributed by atoms with E-state index in [-0.39, 0.29) is 18.2 Å². The number of para-hydroxylation sites is 1. The molecule has 3 rings (SSSR count). The van der Waals surface area contributed by atoms with E-state index in [1.54, 1.807) is 44.2 Å². The fourth-order valence-electron chi connectivity index (χ4n) is 3.64. The minimum Gasteiger partial charge on any atom is -0.462 e. The van der Waals surface area contributed by atoms with Crippen molar-refractivity contribution in [3.05, 3.63) is 53.1 Å². The molecule has 0 amide bonds. The predicted molar refractivity (Wildman–Crippen MR) is 138 cm³/mol. The number of nitrogen functional groups attached to an aromatic ring is 1. The minimum absolute atomic E-state index is 0.000328. The maximum atomic E-state index is 15.6. The van der Waals surface area contributed by atoms with Gasteiger partial charge in [0.1, 0.15) is 29.2 Å². The van der Waals surface area contributed by atoms with Crippen molar-refractivity contribution in [2.24, 2.45) is 5.41 Å². The van der Waals surface area contributed by atoms with Crippen LogP contribution in [0.3, 0.4) is 0 Å². The molecule has 2 heterocycles. The summed E-state index contributed by atoms with van der Waals surface area (Å²) in [5.74, 6) is -0.447. The van der Waals surface area contributed by atoms with Gasteiger partial charge in [0, 0.05) is 16.9 Å². The van der Waals surface area contributed by atoms with Crippen LogP contribution in [0.15, 0.2) is 47.4 Å². The van der Waals surface area contributed by atoms with Crippen LogP contribution in [0.1, 0.15) is 33.1 Å². The highest BCUT2D eigenvalue weighted by molar-refractivity contribution is 8.00. The van der Waals surface area contributed by atoms with Gasteiger partial charge in [0.25, 0.3) is 0 Å². The van der Waals surface area contributed by atoms with Crippen molar-refractivity contribution in [3.8, 4) is 5.75 Å². The summed E-state index contributed by atoms with van der Waals surface area (Å²) < 4.78 is 47.0. The van der Waals surface area contributed by atoms with Gasteiger partial charge < -0.3 is 20.1 Å². The zero-order chi connectivity index (χ0) is 27.4. The fraction of sp³-hybridized carbons (Fsp3) is 0.522. The number of thioether (sulfide) groups is 1. The summed E-state index contributed by atoms with van der Waals surface area (Å²) in [6.07, 6.45) is -0.735. The molecular weight excluding hydrogens is 526 g/mol. The van der Waals surface area contributed by atoms with Gasteiger partial charge in [-0.25, -0.2) is 13.8 Å². The molecule has 2 aromatic rings. The molecule has 1 aliphatic heterocycles. The number of hydrogen-bond donors (Lipinski definition) is 3. The molecule has 0 bridgehead atoms. The Bertz CT molecular complexity index is 1190. The molecule has 0 aliphatic carbocycles. The van der Waals surface area contributed by atoms with Gasteiger partial charge in [0.2, 0.25) is 0 Å². The van der Waals surface area contributed by atoms with Crippen LogP contribution in [0.4, 0.5) is 10.2 Å². The molecule has 4 N–H and O–H groups in total. The van der Waals surface area contributed by atoms with Crippen molar-refractivity contribution >= 4 is 31.3 Å². The van der Waals surface area contributed by atoms with Crippen molar-refractivity contribution in [2.45, 2.75) is 56.6 Å². The molecule has 3 unspecified atom stereocenters. The zero-order valence-corrected chi connectivity index (χ0v) is 22.7. The van der Waals surface area contributed by atoms with Crippen LogP contribution in [-0.2, 0) is 18.6 Å². The number of benzene rings is 1. The highest BCUT2D eigenvalue weighted by Gasteiger charge is 2.55. The number of alkyl halides is 1. The Labute approximate surface area is 218 Å². The first-order valence-corrected chi connectivity index (χ1v) is 14.1. The Morgan fingerprint density at radius 1 is 1.32 bits per heavy atom. The van der Waals surface area contributed by atoms with Crippen molar-refractivity contribution in [3.63, 3.8) is 0 Å². The number of nitrogens with two attached hydrogens (primary N) is 1. The second-order valence-electron chi connectivity index (χ2n) is 9.16. The van der Waals surface area contributed by atoms with E-state index in [1.807, 2.05) is 0 Å². The number of anilines is 1. The van der Waals surface area contributed by atoms with Gasteiger partial charge >= 0.3 is 19.4 Å². The number of nitrogens with one attached hydrogen (secondary N) is 1. The van der Waals surface area contributed by atoms with Crippen LogP contribution < -0.4 is 21.0 Å². The van der Waals surface area contributed by atoms with E-state index in [2.05, 4.69) is 10.1 Å². The summed E-state index contributed by atoms with van der Waals surface area (Å²) in [7, 11) is -4.21. The third kappa shape index (κ3) is 6.91. The molecule has 6 atom stereocenters. The standard InChI is InChI=1S/C23H32FN4O7PS/c1-14(2)34-21(30)15(3)27-36(32,35-16-8-6-5-7-9-16)33-12-17-23(4,13-29)19(24)20(37-17)28-11-10-18(25)26-22(28)31/h5-11,14-15,17,19-20,29H,12-13H2,1-4H3,(H,27,32)(H2,25,26,31)/t15-,17+,19-,20?,23?,36?/m0/s1. The van der Waals surface area contributed by atoms with Gasteiger partial charge in [-0.2, -0.15) is 10.1 Å². The molecule has 0 spiro atoms. The number of hydrogen-bond acceptors (Lipinski definition) is 10. The SMILES string of the molecule is CC(C)OC(=O)[C@H](C)NP(=O)(OC[C@H]1SC(n2ccc(N)nc2=O)[C@H](F)C1(C)CO)Oc1ccccc1. The van der Waals surface area contributed by atoms with Gasteiger partial charge in [-0.15, -0.1) is 11.8 Å². The highest BCUT2D eigenvalue weighted by atomic mass is 32.2. The Balaban J connectivity index is 1.83. The van der Waals surface area contributed by atoms with Crippen LogP contribution in [0, 0.1) is 5.41 Å². The van der Waals surface area contributed by atoms with Crippen LogP contribution >= 0.6 is 19.5 Å². The summed E-state index contributed by atoms with van der Waals surface area (Å²) in [6, 6.07) is 8.52. The first kappa shape index (κ1) is 29.1. The molecular formula is C23H32FN4O7PS. The lowest BCUT2D eigenvalue weighted by Crippen LogP contribution is -2.42. The van der Waals surface area contributed by atoms with Crippen molar-refractivity contribution in [1.82, 2.24) is 14.6 Å². The molecule has 1 aromatic heterocycles. The first-order valence-electron chi connectivity index (χ1n) is 11.6. The van der Waals surface area contributed by atoms with Crippen LogP contribution in [-0.4, -0.2) is 57.4 Å². The normalized spacial score (nSPS) is 26.0. The summed E-state index contributed by atoms with van der Waals surface area (Å²) in [4.78, 5) is 28.3. The second kappa shape index (κ2) is 12.0. The molecule has 1 saturated heterocycles. The number of carbonyl (C=O) groups is 1. The van der Waals surface area contributed by atoms with E-state index in [9.17, 15) is 19.3 Å². The monoisotopic (exact) mass is 558 g/mol. The van der Waals surface area contributed by atoms with E-state index in [0.717, 1.165) is 16.3 Å². The van der Waals surface area contributed by atoms with E-state index >= 15 is 4.39 Å². The lowest BCUT2D eigenvalue weighted by Gasteiger charge is -2.31. The average molecular weight is 559 g/mol. The van der Waals surface area contributed by atoms with Crippen LogP contribution in [0.25, 0.3) is 0 Å². The quantitative estimate of drug-likeness (QED) is 0.275. The number of carbonyl (C=O) groups excluding carboxylic acids is 1. The Morgan fingerprint density at radius 2 is 2.00 bits per heavy atom. The number of rotatable bonds is 11. The van der Waals surface area contributed by atoms with Gasteiger partial charge in [0.05, 0.1) is 19.3 Å². The fourth-order valence-corrected chi connectivity index (χ4v) is 6.99. The number of esters is 1. The van der Waals surface area contributed by atoms with Gasteiger partial charge in [-0.3, -0.25) is 13.9 Å². The molecule has 1 aromatic carbocycles. The molecule has 0 saturated carbocycles. The smallest absolute Gasteiger partial charge is 0.459 e. The number of halogens is 1. The molecule has 37 heavy (non-hydrogen) atoms. The maximum absolute atomic E-state index is 15.6. The number of aliphatic hydroxyl groups is 1. The van der Waals surface area contributed by atoms with Gasteiger partial charge in [0.15, 0.2) is 0 Å². The topological polar surface area (TPSA) is 155 Å².